The molecule has 0 saturated heterocycles. The molecular formula is C13H11BrClN3. The fourth-order valence-corrected chi connectivity index (χ4v) is 2.36. The van der Waals surface area contributed by atoms with E-state index < -0.39 is 0 Å². The molecule has 1 heterocycles. The first-order valence-corrected chi connectivity index (χ1v) is 6.90. The number of anilines is 1. The smallest absolute Gasteiger partial charge is 0.159 e. The molecule has 0 amide bonds. The minimum absolute atomic E-state index is 0.516. The van der Waals surface area contributed by atoms with Crippen molar-refractivity contribution in [1.29, 1.82) is 0 Å². The third kappa shape index (κ3) is 2.22. The first-order chi connectivity index (χ1) is 8.65. The van der Waals surface area contributed by atoms with Gasteiger partial charge in [-0.05, 0) is 47.0 Å². The van der Waals surface area contributed by atoms with E-state index in [-0.39, 0.29) is 0 Å². The normalized spacial score (nSPS) is 14.8. The molecule has 1 aliphatic rings. The maximum Gasteiger partial charge on any atom is 0.159 e. The lowest BCUT2D eigenvalue weighted by Gasteiger charge is -2.06. The molecule has 92 valence electrons. The lowest BCUT2D eigenvalue weighted by atomic mass is 10.2. The summed E-state index contributed by atoms with van der Waals surface area (Å²) >= 11 is 9.38. The summed E-state index contributed by atoms with van der Waals surface area (Å²) < 4.78 is 0.843. The molecule has 0 bridgehead atoms. The van der Waals surface area contributed by atoms with Crippen molar-refractivity contribution in [3.05, 3.63) is 39.6 Å². The van der Waals surface area contributed by atoms with Gasteiger partial charge in [0, 0.05) is 16.0 Å². The van der Waals surface area contributed by atoms with Crippen LogP contribution in [0.4, 0.5) is 5.69 Å². The minimum atomic E-state index is 0.516. The molecule has 1 aliphatic carbocycles. The van der Waals surface area contributed by atoms with Crippen LogP contribution in [-0.4, -0.2) is 9.97 Å². The summed E-state index contributed by atoms with van der Waals surface area (Å²) in [6, 6.07) is 5.66. The first-order valence-electron chi connectivity index (χ1n) is 5.73. The van der Waals surface area contributed by atoms with Crippen LogP contribution in [0.15, 0.2) is 28.9 Å². The Bertz CT molecular complexity index is 611. The molecule has 0 spiro atoms. The summed E-state index contributed by atoms with van der Waals surface area (Å²) in [6.45, 7) is 0. The zero-order valence-electron chi connectivity index (χ0n) is 9.53. The third-order valence-electron chi connectivity index (χ3n) is 2.99. The number of rotatable bonds is 2. The van der Waals surface area contributed by atoms with E-state index in [0.717, 1.165) is 15.7 Å². The molecule has 5 heteroatoms. The summed E-state index contributed by atoms with van der Waals surface area (Å²) in [4.78, 5) is 8.87. The third-order valence-corrected chi connectivity index (χ3v) is 4.20. The Balaban J connectivity index is 2.05. The van der Waals surface area contributed by atoms with Gasteiger partial charge in [0.15, 0.2) is 5.82 Å². The van der Waals surface area contributed by atoms with Crippen LogP contribution in [0.5, 0.6) is 0 Å². The van der Waals surface area contributed by atoms with Crippen LogP contribution < -0.4 is 5.73 Å². The van der Waals surface area contributed by atoms with Crippen LogP contribution >= 0.6 is 27.5 Å². The second-order valence-corrected chi connectivity index (χ2v) is 5.70. The molecular weight excluding hydrogens is 314 g/mol. The maximum absolute atomic E-state index is 5.98. The van der Waals surface area contributed by atoms with Gasteiger partial charge in [-0.1, -0.05) is 11.6 Å². The van der Waals surface area contributed by atoms with E-state index in [0.29, 0.717) is 22.5 Å². The fourth-order valence-electron chi connectivity index (χ4n) is 1.86. The summed E-state index contributed by atoms with van der Waals surface area (Å²) in [5, 5.41) is 0.677. The fraction of sp³-hybridized carbons (Fsp3) is 0.231. The van der Waals surface area contributed by atoms with Crippen molar-refractivity contribution < 1.29 is 0 Å². The molecule has 0 radical (unpaired) electrons. The van der Waals surface area contributed by atoms with Crippen LogP contribution in [0, 0.1) is 0 Å². The highest BCUT2D eigenvalue weighted by atomic mass is 79.9. The predicted octanol–water partition coefficient (Wildman–Crippen LogP) is 4.02. The average molecular weight is 325 g/mol. The topological polar surface area (TPSA) is 51.8 Å². The maximum atomic E-state index is 5.98. The number of nitrogens with two attached hydrogens (primary N) is 1. The summed E-state index contributed by atoms with van der Waals surface area (Å²) in [5.74, 6) is 1.21. The van der Waals surface area contributed by atoms with Crippen molar-refractivity contribution >= 4 is 33.2 Å². The van der Waals surface area contributed by atoms with E-state index >= 15 is 0 Å². The summed E-state index contributed by atoms with van der Waals surface area (Å²) in [5.41, 5.74) is 8.51. The standard InChI is InChI=1S/C13H11BrClN3/c14-9-5-8(3-4-10(9)15)13-17-6-11(16)12(18-13)7-1-2-7/h3-7H,1-2,16H2. The van der Waals surface area contributed by atoms with Crippen molar-refractivity contribution in [3.63, 3.8) is 0 Å². The average Bonchev–Trinajstić information content (AvgIpc) is 3.18. The molecule has 1 fully saturated rings. The van der Waals surface area contributed by atoms with Crippen molar-refractivity contribution in [2.75, 3.05) is 5.73 Å². The molecule has 3 rings (SSSR count). The molecule has 2 aromatic rings. The number of nitrogen functional groups attached to an aromatic ring is 1. The van der Waals surface area contributed by atoms with Gasteiger partial charge in [-0.15, -0.1) is 0 Å². The largest absolute Gasteiger partial charge is 0.396 e. The molecule has 1 aromatic heterocycles. The van der Waals surface area contributed by atoms with Gasteiger partial charge in [-0.25, -0.2) is 9.97 Å². The summed E-state index contributed by atoms with van der Waals surface area (Å²) in [6.07, 6.45) is 4.04. The highest BCUT2D eigenvalue weighted by Crippen LogP contribution is 2.41. The molecule has 1 aromatic carbocycles. The SMILES string of the molecule is Nc1cnc(-c2ccc(Cl)c(Br)c2)nc1C1CC1. The Morgan fingerprint density at radius 3 is 2.78 bits per heavy atom. The number of nitrogens with zero attached hydrogens (tertiary/aromatic N) is 2. The molecule has 3 nitrogen and oxygen atoms in total. The zero-order chi connectivity index (χ0) is 12.7. The predicted molar refractivity (Wildman–Crippen MR) is 76.6 cm³/mol. The van der Waals surface area contributed by atoms with Crippen molar-refractivity contribution in [1.82, 2.24) is 9.97 Å². The monoisotopic (exact) mass is 323 g/mol. The van der Waals surface area contributed by atoms with E-state index in [9.17, 15) is 0 Å². The lowest BCUT2D eigenvalue weighted by molar-refractivity contribution is 1.00. The number of aromatic nitrogens is 2. The van der Waals surface area contributed by atoms with Gasteiger partial charge in [-0.3, -0.25) is 0 Å². The van der Waals surface area contributed by atoms with E-state index in [2.05, 4.69) is 25.9 Å². The quantitative estimate of drug-likeness (QED) is 0.907. The van der Waals surface area contributed by atoms with E-state index in [1.54, 1.807) is 6.20 Å². The van der Waals surface area contributed by atoms with Crippen molar-refractivity contribution in [3.8, 4) is 11.4 Å². The van der Waals surface area contributed by atoms with Crippen LogP contribution in [-0.2, 0) is 0 Å². The van der Waals surface area contributed by atoms with Gasteiger partial charge in [-0.2, -0.15) is 0 Å². The van der Waals surface area contributed by atoms with Gasteiger partial charge in [0.2, 0.25) is 0 Å². The van der Waals surface area contributed by atoms with Gasteiger partial charge in [0.05, 0.1) is 22.6 Å². The van der Waals surface area contributed by atoms with Gasteiger partial charge < -0.3 is 5.73 Å². The van der Waals surface area contributed by atoms with E-state index in [1.807, 2.05) is 18.2 Å². The number of halogens is 2. The zero-order valence-corrected chi connectivity index (χ0v) is 11.9. The van der Waals surface area contributed by atoms with E-state index in [4.69, 9.17) is 17.3 Å². The molecule has 0 aliphatic heterocycles. The molecule has 2 N–H and O–H groups in total. The van der Waals surface area contributed by atoms with Gasteiger partial charge in [0.1, 0.15) is 0 Å². The van der Waals surface area contributed by atoms with Crippen LogP contribution in [0.3, 0.4) is 0 Å². The molecule has 0 atom stereocenters. The Kier molecular flexibility index (Phi) is 2.99. The highest BCUT2D eigenvalue weighted by molar-refractivity contribution is 9.10. The van der Waals surface area contributed by atoms with Crippen molar-refractivity contribution in [2.24, 2.45) is 0 Å². The Labute approximate surface area is 119 Å². The number of hydrogen-bond acceptors (Lipinski definition) is 3. The minimum Gasteiger partial charge on any atom is -0.396 e. The second-order valence-electron chi connectivity index (χ2n) is 4.44. The lowest BCUT2D eigenvalue weighted by Crippen LogP contribution is -2.00. The first kappa shape index (κ1) is 11.9. The number of hydrogen-bond donors (Lipinski definition) is 1. The molecule has 18 heavy (non-hydrogen) atoms. The highest BCUT2D eigenvalue weighted by Gasteiger charge is 2.27. The van der Waals surface area contributed by atoms with Crippen LogP contribution in [0.1, 0.15) is 24.5 Å². The van der Waals surface area contributed by atoms with Gasteiger partial charge in [0.25, 0.3) is 0 Å². The molecule has 1 saturated carbocycles. The second kappa shape index (κ2) is 4.52. The van der Waals surface area contributed by atoms with Crippen LogP contribution in [0.2, 0.25) is 5.02 Å². The Morgan fingerprint density at radius 2 is 2.11 bits per heavy atom. The number of benzene rings is 1. The van der Waals surface area contributed by atoms with Crippen LogP contribution in [0.25, 0.3) is 11.4 Å². The Morgan fingerprint density at radius 1 is 1.33 bits per heavy atom. The summed E-state index contributed by atoms with van der Waals surface area (Å²) in [7, 11) is 0. The van der Waals surface area contributed by atoms with Gasteiger partial charge >= 0.3 is 0 Å². The Hall–Kier alpha value is -1.13. The molecule has 0 unspecified atom stereocenters. The van der Waals surface area contributed by atoms with Crippen molar-refractivity contribution in [2.45, 2.75) is 18.8 Å². The van der Waals surface area contributed by atoms with E-state index in [1.165, 1.54) is 12.8 Å².